The second-order valence-corrected chi connectivity index (χ2v) is 22.9. The zero-order chi connectivity index (χ0) is 72.6. The molecule has 7 rings (SSSR count). The van der Waals surface area contributed by atoms with Gasteiger partial charge in [-0.15, -0.1) is 0 Å². The summed E-state index contributed by atoms with van der Waals surface area (Å²) in [6.45, 7) is 2.66. The number of hydrogen-bond donors (Lipinski definition) is 9. The van der Waals surface area contributed by atoms with Crippen molar-refractivity contribution in [1.29, 1.82) is 0 Å². The maximum Gasteiger partial charge on any atom is 0.323 e. The highest BCUT2D eigenvalue weighted by Gasteiger charge is 2.25. The van der Waals surface area contributed by atoms with Crippen LogP contribution in [0.15, 0.2) is 127 Å². The molecule has 0 spiro atoms. The number of nitrogens with zero attached hydrogens (tertiary/aromatic N) is 6. The highest BCUT2D eigenvalue weighted by molar-refractivity contribution is 6.04. The Hall–Kier alpha value is -12.7. The van der Waals surface area contributed by atoms with Crippen LogP contribution in [-0.2, 0) is 11.2 Å². The maximum atomic E-state index is 17.6. The van der Waals surface area contributed by atoms with Gasteiger partial charge in [0.05, 0.1) is 54.9 Å². The van der Waals surface area contributed by atoms with Crippen molar-refractivity contribution in [3.8, 4) is 35.5 Å². The number of non-ortho nitro benzene ring substituents is 3. The van der Waals surface area contributed by atoms with E-state index in [0.717, 1.165) is 36.4 Å². The Morgan fingerprint density at radius 1 is 0.390 bits per heavy atom. The lowest BCUT2D eigenvalue weighted by Gasteiger charge is -2.13. The topological polar surface area (TPSA) is 350 Å². The van der Waals surface area contributed by atoms with Crippen LogP contribution in [0.5, 0.6) is 0 Å². The predicted octanol–water partition coefficient (Wildman–Crippen LogP) is 9.93. The van der Waals surface area contributed by atoms with Crippen molar-refractivity contribution in [2.45, 2.75) is 25.7 Å². The summed E-state index contributed by atoms with van der Waals surface area (Å²) in [7, 11) is 11.1. The predicted molar refractivity (Wildman–Crippen MR) is 372 cm³/mol. The number of anilines is 6. The first-order valence-electron chi connectivity index (χ1n) is 30.6. The quantitative estimate of drug-likeness (QED) is 0.0111. The average Bonchev–Trinajstić information content (AvgIpc) is 0.780. The van der Waals surface area contributed by atoms with Gasteiger partial charge in [0.2, 0.25) is 5.91 Å². The number of nitro benzene ring substituents is 3. The standard InChI is InChI=1S/C70H68F3N15O12/c1-83(2)37-7-34-74-62(89)41-44-10-31-59(80-68(92)77-50-16-22-53(23-17-50)86(95)96)45(40-44)11-28-56-63(71)57(29-12-46-42-48(66(90)75-35-8-38-84(3)4)14-32-60(46)81-69(93)78-51-18-24-54(25-19-51)87(97)98)65(73)58(64(56)72)30-13-47-43-49(67(91)76-36-9-39-85(5)6)15-33-61(47)82-70(94)79-52-20-26-55(27-21-52)88(99)100/h10,14-27,31-33,40,42-43H,7-9,34-39,41H2,1-6H3,(H,74,89)(H,75,90)(H,76,91)(H2,77,80,92)(H2,78,81,93)(H2,79,82,94). The Labute approximate surface area is 572 Å². The van der Waals surface area contributed by atoms with E-state index in [4.69, 9.17) is 0 Å². The molecule has 0 saturated carbocycles. The third-order valence-electron chi connectivity index (χ3n) is 14.3. The number of urea groups is 3. The van der Waals surface area contributed by atoms with Crippen LogP contribution in [0.3, 0.4) is 0 Å². The Bertz CT molecular complexity index is 4270. The van der Waals surface area contributed by atoms with Crippen molar-refractivity contribution in [2.75, 3.05) is 113 Å². The Morgan fingerprint density at radius 2 is 0.690 bits per heavy atom. The van der Waals surface area contributed by atoms with Crippen LogP contribution in [0.25, 0.3) is 0 Å². The van der Waals surface area contributed by atoms with E-state index in [1.165, 1.54) is 91.0 Å². The molecule has 0 radical (unpaired) electrons. The molecule has 0 fully saturated rings. The summed E-state index contributed by atoms with van der Waals surface area (Å²) in [6.07, 6.45) is 1.45. The number of benzene rings is 7. The highest BCUT2D eigenvalue weighted by atomic mass is 19.1. The fourth-order valence-electron chi connectivity index (χ4n) is 9.22. The summed E-state index contributed by atoms with van der Waals surface area (Å²) in [6, 6.07) is 23.4. The molecule has 0 heterocycles. The molecule has 0 saturated heterocycles. The van der Waals surface area contributed by atoms with Gasteiger partial charge < -0.3 is 62.6 Å². The van der Waals surface area contributed by atoms with Crippen LogP contribution in [0, 0.1) is 83.3 Å². The number of carbonyl (C=O) groups excluding carboxylic acids is 6. The first kappa shape index (κ1) is 74.7. The molecule has 100 heavy (non-hydrogen) atoms. The zero-order valence-electron chi connectivity index (χ0n) is 54.9. The number of nitro groups is 3. The van der Waals surface area contributed by atoms with Crippen molar-refractivity contribution >= 4 is 87.0 Å². The number of rotatable bonds is 25. The fraction of sp³-hybridized carbons (Fsp3) is 0.229. The van der Waals surface area contributed by atoms with Crippen LogP contribution in [0.1, 0.15) is 78.9 Å². The highest BCUT2D eigenvalue weighted by Crippen LogP contribution is 2.28. The van der Waals surface area contributed by atoms with Crippen molar-refractivity contribution < 1.29 is 56.7 Å². The van der Waals surface area contributed by atoms with E-state index in [-0.39, 0.29) is 98.5 Å². The molecular weight excluding hydrogens is 1300 g/mol. The van der Waals surface area contributed by atoms with E-state index >= 15 is 13.2 Å². The normalized spacial score (nSPS) is 10.6. The molecule has 9 amide bonds. The maximum absolute atomic E-state index is 17.6. The Kier molecular flexibility index (Phi) is 26.8. The van der Waals surface area contributed by atoms with Gasteiger partial charge in [0.25, 0.3) is 28.9 Å². The molecule has 0 aliphatic carbocycles. The number of halogens is 3. The molecule has 30 heteroatoms. The van der Waals surface area contributed by atoms with Crippen molar-refractivity contribution in [2.24, 2.45) is 0 Å². The van der Waals surface area contributed by atoms with E-state index in [0.29, 0.717) is 51.0 Å². The summed E-state index contributed by atoms with van der Waals surface area (Å²) in [5.41, 5.74) is -4.74. The van der Waals surface area contributed by atoms with E-state index in [9.17, 15) is 59.1 Å². The van der Waals surface area contributed by atoms with Crippen LogP contribution in [0.2, 0.25) is 0 Å². The summed E-state index contributed by atoms with van der Waals surface area (Å²) < 4.78 is 52.8. The third kappa shape index (κ3) is 22.5. The summed E-state index contributed by atoms with van der Waals surface area (Å²) >= 11 is 0. The molecule has 516 valence electrons. The van der Waals surface area contributed by atoms with Gasteiger partial charge in [-0.2, -0.15) is 0 Å². The van der Waals surface area contributed by atoms with Crippen LogP contribution >= 0.6 is 0 Å². The van der Waals surface area contributed by atoms with Gasteiger partial charge in [0.1, 0.15) is 0 Å². The largest absolute Gasteiger partial charge is 0.356 e. The lowest BCUT2D eigenvalue weighted by molar-refractivity contribution is -0.385. The third-order valence-corrected chi connectivity index (χ3v) is 14.3. The van der Waals surface area contributed by atoms with Crippen molar-refractivity contribution in [1.82, 2.24) is 30.7 Å². The van der Waals surface area contributed by atoms with Gasteiger partial charge in [-0.3, -0.25) is 44.7 Å². The molecule has 0 aliphatic heterocycles. The molecular formula is C70H68F3N15O12. The lowest BCUT2D eigenvalue weighted by Crippen LogP contribution is -2.28. The zero-order valence-corrected chi connectivity index (χ0v) is 54.9. The molecule has 0 bridgehead atoms. The molecule has 0 aromatic heterocycles. The Balaban J connectivity index is 1.41. The fourth-order valence-corrected chi connectivity index (χ4v) is 9.22. The SMILES string of the molecule is CN(C)CCCNC(=O)Cc1ccc(NC(=O)Nc2ccc([N+](=O)[O-])cc2)c(C#Cc2c(F)c(C#Cc3cc(C(=O)NCCCN(C)C)ccc3NC(=O)Nc3ccc([N+](=O)[O-])cc3)c(F)c(C#Cc3cc(C(=O)NCCCN(C)C)ccc3NC(=O)Nc3ccc([N+](=O)[O-])cc3)c2F)c1. The minimum Gasteiger partial charge on any atom is -0.356 e. The van der Waals surface area contributed by atoms with Crippen molar-refractivity contribution in [3.63, 3.8) is 0 Å². The number of nitrogens with one attached hydrogen (secondary N) is 9. The minimum atomic E-state index is -1.72. The first-order valence-corrected chi connectivity index (χ1v) is 30.6. The van der Waals surface area contributed by atoms with Gasteiger partial charge in [0.15, 0.2) is 17.5 Å². The first-order chi connectivity index (χ1) is 47.7. The smallest absolute Gasteiger partial charge is 0.323 e. The van der Waals surface area contributed by atoms with Gasteiger partial charge in [-0.05, 0) is 172 Å². The molecule has 7 aromatic carbocycles. The van der Waals surface area contributed by atoms with Gasteiger partial charge >= 0.3 is 18.1 Å². The van der Waals surface area contributed by atoms with E-state index in [1.807, 2.05) is 57.0 Å². The van der Waals surface area contributed by atoms with Gasteiger partial charge in [0, 0.05) is 101 Å². The van der Waals surface area contributed by atoms with Crippen molar-refractivity contribution in [3.05, 3.63) is 225 Å². The Morgan fingerprint density at radius 3 is 1.00 bits per heavy atom. The monoisotopic (exact) mass is 1370 g/mol. The lowest BCUT2D eigenvalue weighted by atomic mass is 10.00. The van der Waals surface area contributed by atoms with Crippen LogP contribution in [-0.4, -0.2) is 147 Å². The van der Waals surface area contributed by atoms with E-state index < -0.39 is 84.7 Å². The number of carbonyl (C=O) groups is 6. The van der Waals surface area contributed by atoms with Crippen LogP contribution < -0.4 is 47.9 Å². The number of amides is 9. The summed E-state index contributed by atoms with van der Waals surface area (Å²) in [5.74, 6) is 8.24. The molecule has 0 unspecified atom stereocenters. The molecule has 0 atom stereocenters. The average molecular weight is 1370 g/mol. The summed E-state index contributed by atoms with van der Waals surface area (Å²) in [4.78, 5) is 119. The van der Waals surface area contributed by atoms with Crippen LogP contribution in [0.4, 0.5) is 78.7 Å². The summed E-state index contributed by atoms with van der Waals surface area (Å²) in [5, 5.41) is 57.6. The van der Waals surface area contributed by atoms with E-state index in [2.05, 4.69) is 83.4 Å². The molecule has 27 nitrogen and oxygen atoms in total. The van der Waals surface area contributed by atoms with Gasteiger partial charge in [-0.1, -0.05) is 41.6 Å². The second kappa shape index (κ2) is 35.9. The van der Waals surface area contributed by atoms with E-state index in [1.54, 1.807) is 0 Å². The molecule has 9 N–H and O–H groups in total. The minimum absolute atomic E-state index is 0.0289. The second-order valence-electron chi connectivity index (χ2n) is 22.9. The van der Waals surface area contributed by atoms with Gasteiger partial charge in [-0.25, -0.2) is 27.6 Å². The molecule has 0 aliphatic rings. The molecule has 7 aromatic rings. The number of hydrogen-bond acceptors (Lipinski definition) is 15.